The molecule has 0 aliphatic heterocycles. The largest absolute Gasteiger partial charge is 0.339 e. The zero-order chi connectivity index (χ0) is 19.3. The molecule has 1 amide bonds. The van der Waals surface area contributed by atoms with Gasteiger partial charge < -0.3 is 16.0 Å². The van der Waals surface area contributed by atoms with E-state index < -0.39 is 9.96 Å². The lowest BCUT2D eigenvalue weighted by molar-refractivity contribution is 0.0934. The van der Waals surface area contributed by atoms with Gasteiger partial charge in [0, 0.05) is 11.3 Å². The average Bonchev–Trinajstić information content (AvgIpc) is 2.57. The molecule has 4 nitrogen and oxygen atoms in total. The fourth-order valence-electron chi connectivity index (χ4n) is 2.16. The Morgan fingerprint density at radius 1 is 1.04 bits per heavy atom. The highest BCUT2D eigenvalue weighted by Crippen LogP contribution is 2.29. The second-order valence-electron chi connectivity index (χ2n) is 5.73. The first-order valence-corrected chi connectivity index (χ1v) is 9.28. The number of aryl methyl sites for hydroxylation is 2. The van der Waals surface area contributed by atoms with E-state index in [1.165, 1.54) is 0 Å². The molecule has 0 fully saturated rings. The molecule has 2 rings (SSSR count). The van der Waals surface area contributed by atoms with Gasteiger partial charge in [0.25, 0.3) is 5.91 Å². The normalized spacial score (nSPS) is 12.2. The van der Waals surface area contributed by atoms with Crippen molar-refractivity contribution in [1.82, 2.24) is 10.6 Å². The van der Waals surface area contributed by atoms with E-state index >= 15 is 0 Å². The molecule has 0 spiro atoms. The van der Waals surface area contributed by atoms with Crippen LogP contribution in [0.2, 0.25) is 0 Å². The lowest BCUT2D eigenvalue weighted by Crippen LogP contribution is -2.56. The number of alkyl halides is 3. The molecule has 2 aromatic rings. The smallest absolute Gasteiger partial charge is 0.252 e. The van der Waals surface area contributed by atoms with E-state index in [2.05, 4.69) is 16.0 Å². The van der Waals surface area contributed by atoms with Crippen LogP contribution in [0.3, 0.4) is 0 Å². The highest BCUT2D eigenvalue weighted by molar-refractivity contribution is 7.80. The summed E-state index contributed by atoms with van der Waals surface area (Å²) in [4.78, 5) is 12.3. The van der Waals surface area contributed by atoms with Gasteiger partial charge in [-0.1, -0.05) is 65.1 Å². The highest BCUT2D eigenvalue weighted by atomic mass is 35.6. The van der Waals surface area contributed by atoms with Gasteiger partial charge in [-0.2, -0.15) is 0 Å². The average molecular weight is 431 g/mol. The Morgan fingerprint density at radius 3 is 2.31 bits per heavy atom. The van der Waals surface area contributed by atoms with Crippen molar-refractivity contribution in [2.45, 2.75) is 23.8 Å². The molecule has 3 N–H and O–H groups in total. The monoisotopic (exact) mass is 429 g/mol. The summed E-state index contributed by atoms with van der Waals surface area (Å²) in [5.74, 6) is -0.385. The van der Waals surface area contributed by atoms with Crippen molar-refractivity contribution >= 4 is 63.7 Å². The molecule has 0 radical (unpaired) electrons. The van der Waals surface area contributed by atoms with E-state index in [0.717, 1.165) is 16.8 Å². The van der Waals surface area contributed by atoms with Gasteiger partial charge in [0.05, 0.1) is 0 Å². The number of nitrogens with one attached hydrogen (secondary N) is 3. The van der Waals surface area contributed by atoms with Crippen LogP contribution in [0.15, 0.2) is 48.5 Å². The molecule has 0 aromatic heterocycles. The Labute approximate surface area is 173 Å². The number of rotatable bonds is 4. The zero-order valence-electron chi connectivity index (χ0n) is 14.1. The number of carbonyl (C=O) groups excluding carboxylic acids is 1. The molecular weight excluding hydrogens is 413 g/mol. The van der Waals surface area contributed by atoms with E-state index in [0.29, 0.717) is 5.56 Å². The van der Waals surface area contributed by atoms with E-state index in [-0.39, 0.29) is 11.0 Å². The molecule has 1 atom stereocenters. The molecule has 138 valence electrons. The minimum Gasteiger partial charge on any atom is -0.339 e. The molecule has 2 aromatic carbocycles. The van der Waals surface area contributed by atoms with Gasteiger partial charge >= 0.3 is 0 Å². The van der Waals surface area contributed by atoms with Crippen molar-refractivity contribution in [3.63, 3.8) is 0 Å². The van der Waals surface area contributed by atoms with E-state index in [4.69, 9.17) is 47.0 Å². The minimum absolute atomic E-state index is 0.225. The van der Waals surface area contributed by atoms with Crippen LogP contribution in [0.1, 0.15) is 21.5 Å². The fourth-order valence-corrected chi connectivity index (χ4v) is 2.72. The summed E-state index contributed by atoms with van der Waals surface area (Å²) >= 11 is 23.3. The number of thiocarbonyl (C=S) groups is 1. The maximum absolute atomic E-state index is 12.3. The summed E-state index contributed by atoms with van der Waals surface area (Å²) in [6.45, 7) is 3.93. The quantitative estimate of drug-likeness (QED) is 0.373. The molecule has 26 heavy (non-hydrogen) atoms. The lowest BCUT2D eigenvalue weighted by Gasteiger charge is -2.28. The van der Waals surface area contributed by atoms with Crippen molar-refractivity contribution in [2.75, 3.05) is 5.32 Å². The van der Waals surface area contributed by atoms with Crippen LogP contribution in [0.4, 0.5) is 5.69 Å². The predicted molar refractivity (Wildman–Crippen MR) is 113 cm³/mol. The standard InChI is InChI=1S/C18H18Cl3N3OS/c1-11-8-9-12(2)14(10-11)22-17(26)24-16(18(19,20)21)23-15(25)13-6-4-3-5-7-13/h3-10,16H,1-2H3,(H,23,25)(H2,22,24,26)/t16-/m0/s1. The Morgan fingerprint density at radius 2 is 1.69 bits per heavy atom. The van der Waals surface area contributed by atoms with Crippen molar-refractivity contribution in [3.05, 3.63) is 65.2 Å². The summed E-state index contributed by atoms with van der Waals surface area (Å²) < 4.78 is -1.81. The Kier molecular flexibility index (Phi) is 7.12. The topological polar surface area (TPSA) is 53.2 Å². The van der Waals surface area contributed by atoms with Crippen LogP contribution >= 0.6 is 47.0 Å². The molecule has 0 aliphatic carbocycles. The third-order valence-electron chi connectivity index (χ3n) is 3.56. The number of benzene rings is 2. The minimum atomic E-state index is -1.81. The van der Waals surface area contributed by atoms with Gasteiger partial charge in [-0.15, -0.1) is 0 Å². The lowest BCUT2D eigenvalue weighted by atomic mass is 10.1. The summed E-state index contributed by atoms with van der Waals surface area (Å²) in [5.41, 5.74) is 3.37. The summed E-state index contributed by atoms with van der Waals surface area (Å²) in [6, 6.07) is 14.6. The van der Waals surface area contributed by atoms with E-state index in [9.17, 15) is 4.79 Å². The molecule has 0 aliphatic rings. The number of hydrogen-bond acceptors (Lipinski definition) is 2. The predicted octanol–water partition coefficient (Wildman–Crippen LogP) is 4.72. The third kappa shape index (κ3) is 6.02. The van der Waals surface area contributed by atoms with Crippen LogP contribution in [-0.4, -0.2) is 21.0 Å². The van der Waals surface area contributed by atoms with E-state index in [1.54, 1.807) is 24.3 Å². The van der Waals surface area contributed by atoms with Crippen molar-refractivity contribution in [3.8, 4) is 0 Å². The van der Waals surface area contributed by atoms with Crippen molar-refractivity contribution in [2.24, 2.45) is 0 Å². The van der Waals surface area contributed by atoms with Crippen molar-refractivity contribution < 1.29 is 4.79 Å². The van der Waals surface area contributed by atoms with Crippen LogP contribution < -0.4 is 16.0 Å². The number of halogens is 3. The van der Waals surface area contributed by atoms with Crippen LogP contribution in [0.5, 0.6) is 0 Å². The van der Waals surface area contributed by atoms with Crippen LogP contribution in [-0.2, 0) is 0 Å². The number of anilines is 1. The fraction of sp³-hybridized carbons (Fsp3) is 0.222. The van der Waals surface area contributed by atoms with Crippen molar-refractivity contribution in [1.29, 1.82) is 0 Å². The maximum atomic E-state index is 12.3. The highest BCUT2D eigenvalue weighted by Gasteiger charge is 2.34. The van der Waals surface area contributed by atoms with E-state index in [1.807, 2.05) is 38.1 Å². The molecule has 0 bridgehead atoms. The number of hydrogen-bond donors (Lipinski definition) is 3. The summed E-state index contributed by atoms with van der Waals surface area (Å²) in [5, 5.41) is 8.77. The Bertz CT molecular complexity index is 794. The number of amides is 1. The SMILES string of the molecule is Cc1ccc(C)c(NC(=S)N[C@H](NC(=O)c2ccccc2)C(Cl)(Cl)Cl)c1. The first-order chi connectivity index (χ1) is 12.2. The second kappa shape index (κ2) is 8.91. The molecule has 8 heteroatoms. The maximum Gasteiger partial charge on any atom is 0.252 e. The zero-order valence-corrected chi connectivity index (χ0v) is 17.2. The van der Waals surface area contributed by atoms with Gasteiger partial charge in [0.1, 0.15) is 6.17 Å². The van der Waals surface area contributed by atoms with Gasteiger partial charge in [0.2, 0.25) is 3.79 Å². The third-order valence-corrected chi connectivity index (χ3v) is 4.43. The summed E-state index contributed by atoms with van der Waals surface area (Å²) in [6.07, 6.45) is -1.02. The molecular formula is C18H18Cl3N3OS. The van der Waals surface area contributed by atoms with Crippen LogP contribution in [0.25, 0.3) is 0 Å². The first-order valence-electron chi connectivity index (χ1n) is 7.74. The van der Waals surface area contributed by atoms with Gasteiger partial charge in [-0.05, 0) is 55.4 Å². The van der Waals surface area contributed by atoms with Gasteiger partial charge in [-0.3, -0.25) is 4.79 Å². The molecule has 0 saturated carbocycles. The molecule has 0 unspecified atom stereocenters. The first kappa shape index (κ1) is 20.8. The van der Waals surface area contributed by atoms with Crippen LogP contribution in [0, 0.1) is 13.8 Å². The molecule has 0 heterocycles. The number of carbonyl (C=O) groups is 1. The Hall–Kier alpha value is -1.53. The van der Waals surface area contributed by atoms with Gasteiger partial charge in [0.15, 0.2) is 5.11 Å². The molecule has 0 saturated heterocycles. The Balaban J connectivity index is 2.09. The van der Waals surface area contributed by atoms with Gasteiger partial charge in [-0.25, -0.2) is 0 Å². The second-order valence-corrected chi connectivity index (χ2v) is 8.51. The summed E-state index contributed by atoms with van der Waals surface area (Å²) in [7, 11) is 0.